The third-order valence-electron chi connectivity index (χ3n) is 0.744. The number of carboxylic acids is 1. The van der Waals surface area contributed by atoms with Gasteiger partial charge in [0.05, 0.1) is 19.2 Å². The Labute approximate surface area is 89.8 Å². The first-order valence-corrected chi connectivity index (χ1v) is 3.68. The Balaban J connectivity index is -0.000000177. The first kappa shape index (κ1) is 18.7. The quantitative estimate of drug-likeness (QED) is 0.486. The van der Waals surface area contributed by atoms with Gasteiger partial charge >= 0.3 is 5.97 Å². The number of carbonyl (C=O) groups is 2. The molecule has 0 aliphatic rings. The fourth-order valence-corrected chi connectivity index (χ4v) is 0.262. The summed E-state index contributed by atoms with van der Waals surface area (Å²) in [6, 6.07) is 0. The minimum Gasteiger partial charge on any atom is -0.548 e. The lowest BCUT2D eigenvalue weighted by atomic mass is 10.5. The lowest BCUT2D eigenvalue weighted by Crippen LogP contribution is -2.25. The summed E-state index contributed by atoms with van der Waals surface area (Å²) in [7, 11) is 0. The number of esters is 1. The largest absolute Gasteiger partial charge is 0.548 e. The van der Waals surface area contributed by atoms with Gasteiger partial charge in [-0.15, -0.1) is 0 Å². The normalized spacial score (nSPS) is 7.29. The van der Waals surface area contributed by atoms with Gasteiger partial charge in [-0.2, -0.15) is 13.5 Å². The van der Waals surface area contributed by atoms with Crippen LogP contribution in [0.1, 0.15) is 13.3 Å². The Bertz CT molecular complexity index is 169. The zero-order valence-corrected chi connectivity index (χ0v) is 8.99. The van der Waals surface area contributed by atoms with Crippen LogP contribution in [0, 0.1) is 0 Å². The zero-order chi connectivity index (χ0) is 10.7. The number of carbonyl (C=O) groups excluding carboxylic acids is 2. The minimum absolute atomic E-state index is 0. The molecule has 0 amide bonds. The van der Waals surface area contributed by atoms with Crippen LogP contribution in [0.25, 0.3) is 0 Å². The van der Waals surface area contributed by atoms with Crippen molar-refractivity contribution >= 4 is 25.4 Å². The predicted molar refractivity (Wildman–Crippen MR) is 53.9 cm³/mol. The lowest BCUT2D eigenvalue weighted by molar-refractivity contribution is -0.308. The van der Waals surface area contributed by atoms with Gasteiger partial charge in [-0.1, -0.05) is 13.5 Å². The van der Waals surface area contributed by atoms with Crippen LogP contribution in [0.15, 0.2) is 12.7 Å². The topological polar surface area (TPSA) is 86.7 Å². The maximum absolute atomic E-state index is 10.2. The van der Waals surface area contributed by atoms with E-state index in [2.05, 4.69) is 11.3 Å². The second kappa shape index (κ2) is 14.5. The van der Waals surface area contributed by atoms with Crippen LogP contribution in [-0.2, 0) is 14.3 Å². The molecule has 0 unspecified atom stereocenters. The van der Waals surface area contributed by atoms with Crippen molar-refractivity contribution in [1.82, 2.24) is 0 Å². The van der Waals surface area contributed by atoms with Crippen molar-refractivity contribution in [3.8, 4) is 0 Å². The summed E-state index contributed by atoms with van der Waals surface area (Å²) < 4.78 is 4.58. The molecule has 0 fully saturated rings. The van der Waals surface area contributed by atoms with E-state index in [1.54, 1.807) is 0 Å². The molecule has 0 heterocycles. The molecule has 0 spiro atoms. The number of aliphatic hydroxyl groups is 1. The van der Waals surface area contributed by atoms with Crippen LogP contribution >= 0.6 is 13.5 Å². The predicted octanol–water partition coefficient (Wildman–Crippen LogP) is -1.03. The minimum atomic E-state index is -1.44. The van der Waals surface area contributed by atoms with Crippen LogP contribution in [0.4, 0.5) is 0 Å². The van der Waals surface area contributed by atoms with E-state index in [0.717, 1.165) is 12.5 Å². The van der Waals surface area contributed by atoms with Crippen molar-refractivity contribution in [2.24, 2.45) is 0 Å². The van der Waals surface area contributed by atoms with Crippen LogP contribution < -0.4 is 5.11 Å². The SMILES string of the molecule is C=CC(=O)OCCC.O=C([O-])CO.S. The molecule has 5 nitrogen and oxygen atoms in total. The van der Waals surface area contributed by atoms with Crippen molar-refractivity contribution in [3.05, 3.63) is 12.7 Å². The molecule has 0 aliphatic carbocycles. The van der Waals surface area contributed by atoms with E-state index < -0.39 is 12.6 Å². The highest BCUT2D eigenvalue weighted by molar-refractivity contribution is 7.59. The number of ether oxygens (including phenoxy) is 1. The zero-order valence-electron chi connectivity index (χ0n) is 7.99. The first-order valence-electron chi connectivity index (χ1n) is 3.68. The van der Waals surface area contributed by atoms with E-state index in [0.29, 0.717) is 6.61 Å². The summed E-state index contributed by atoms with van der Waals surface area (Å²) >= 11 is 0. The molecule has 0 saturated carbocycles. The molecule has 6 heteroatoms. The highest BCUT2D eigenvalue weighted by atomic mass is 32.1. The molecule has 0 aromatic heterocycles. The average molecular weight is 223 g/mol. The second-order valence-electron chi connectivity index (χ2n) is 1.90. The molecule has 14 heavy (non-hydrogen) atoms. The molecular weight excluding hydrogens is 208 g/mol. The number of hydrogen-bond donors (Lipinski definition) is 1. The maximum Gasteiger partial charge on any atom is 0.330 e. The van der Waals surface area contributed by atoms with E-state index in [1.165, 1.54) is 0 Å². The molecule has 0 bridgehead atoms. The Morgan fingerprint density at radius 2 is 2.00 bits per heavy atom. The molecule has 1 N–H and O–H groups in total. The van der Waals surface area contributed by atoms with E-state index in [4.69, 9.17) is 15.0 Å². The first-order chi connectivity index (χ1) is 6.08. The molecule has 0 aromatic carbocycles. The van der Waals surface area contributed by atoms with Crippen molar-refractivity contribution in [2.45, 2.75) is 13.3 Å². The van der Waals surface area contributed by atoms with Crippen LogP contribution in [0.3, 0.4) is 0 Å². The Morgan fingerprint density at radius 3 is 2.21 bits per heavy atom. The van der Waals surface area contributed by atoms with Crippen LogP contribution in [0.5, 0.6) is 0 Å². The number of aliphatic hydroxyl groups excluding tert-OH is 1. The number of aliphatic carboxylic acids is 1. The fourth-order valence-electron chi connectivity index (χ4n) is 0.262. The Morgan fingerprint density at radius 1 is 1.57 bits per heavy atom. The molecule has 0 aliphatic heterocycles. The third-order valence-corrected chi connectivity index (χ3v) is 0.744. The average Bonchev–Trinajstić information content (AvgIpc) is 2.15. The smallest absolute Gasteiger partial charge is 0.330 e. The van der Waals surface area contributed by atoms with Gasteiger partial charge in [0.25, 0.3) is 0 Å². The summed E-state index contributed by atoms with van der Waals surface area (Å²) in [6.07, 6.45) is 2.02. The fraction of sp³-hybridized carbons (Fsp3) is 0.500. The monoisotopic (exact) mass is 223 g/mol. The van der Waals surface area contributed by atoms with Gasteiger partial charge in [-0.05, 0) is 6.42 Å². The van der Waals surface area contributed by atoms with Crippen molar-refractivity contribution in [1.29, 1.82) is 0 Å². The number of hydrogen-bond acceptors (Lipinski definition) is 5. The van der Waals surface area contributed by atoms with Gasteiger partial charge < -0.3 is 19.7 Å². The van der Waals surface area contributed by atoms with Crippen LogP contribution in [-0.4, -0.2) is 30.3 Å². The highest BCUT2D eigenvalue weighted by Gasteiger charge is 1.89. The molecule has 0 aromatic rings. The third kappa shape index (κ3) is 22.4. The van der Waals surface area contributed by atoms with E-state index >= 15 is 0 Å². The summed E-state index contributed by atoms with van der Waals surface area (Å²) in [5.74, 6) is -1.78. The van der Waals surface area contributed by atoms with E-state index in [1.807, 2.05) is 6.92 Å². The molecule has 0 rings (SSSR count). The Hall–Kier alpha value is -1.01. The van der Waals surface area contributed by atoms with Crippen LogP contribution in [0.2, 0.25) is 0 Å². The summed E-state index contributed by atoms with van der Waals surface area (Å²) in [5.41, 5.74) is 0. The van der Waals surface area contributed by atoms with Gasteiger partial charge in [0.2, 0.25) is 0 Å². The second-order valence-corrected chi connectivity index (χ2v) is 1.90. The van der Waals surface area contributed by atoms with Crippen molar-refractivity contribution in [2.75, 3.05) is 13.2 Å². The molecule has 0 atom stereocenters. The van der Waals surface area contributed by atoms with E-state index in [9.17, 15) is 4.79 Å². The van der Waals surface area contributed by atoms with Gasteiger partial charge in [-0.25, -0.2) is 4.79 Å². The summed E-state index contributed by atoms with van der Waals surface area (Å²) in [4.78, 5) is 19.2. The van der Waals surface area contributed by atoms with Gasteiger partial charge in [0.1, 0.15) is 0 Å². The molecular formula is C8H15O5S-. The van der Waals surface area contributed by atoms with Gasteiger partial charge in [0.15, 0.2) is 0 Å². The van der Waals surface area contributed by atoms with Crippen molar-refractivity contribution in [3.63, 3.8) is 0 Å². The highest BCUT2D eigenvalue weighted by Crippen LogP contribution is 1.81. The Kier molecular flexibility index (Phi) is 19.4. The van der Waals surface area contributed by atoms with Crippen molar-refractivity contribution < 1.29 is 24.5 Å². The summed E-state index contributed by atoms with van der Waals surface area (Å²) in [5, 5.41) is 16.5. The molecule has 0 radical (unpaired) electrons. The maximum atomic E-state index is 10.2. The van der Waals surface area contributed by atoms with E-state index in [-0.39, 0.29) is 19.5 Å². The standard InChI is InChI=1S/C6H10O2.C2H4O3.H2S/c1-3-5-8-6(7)4-2;3-1-2(4)5;/h4H,2-3,5H2,1H3;3H,1H2,(H,4,5);1H2/p-1. The molecule has 84 valence electrons. The van der Waals surface area contributed by atoms with Gasteiger partial charge in [0, 0.05) is 6.08 Å². The molecule has 0 saturated heterocycles. The lowest BCUT2D eigenvalue weighted by Gasteiger charge is -1.94. The number of rotatable bonds is 4. The van der Waals surface area contributed by atoms with Gasteiger partial charge in [-0.3, -0.25) is 0 Å². The summed E-state index contributed by atoms with van der Waals surface area (Å²) in [6.45, 7) is 4.78. The number of carboxylic acid groups (broad SMARTS) is 1.